The fourth-order valence-corrected chi connectivity index (χ4v) is 1.70. The maximum atomic E-state index is 9.56. The van der Waals surface area contributed by atoms with E-state index in [2.05, 4.69) is 0 Å². The Balaban J connectivity index is 2.76. The Bertz CT molecular complexity index is 344. The smallest absolute Gasteiger partial charge is 0.137 e. The van der Waals surface area contributed by atoms with Gasteiger partial charge in [-0.1, -0.05) is 18.5 Å². The van der Waals surface area contributed by atoms with E-state index in [0.29, 0.717) is 17.3 Å². The molecule has 0 amide bonds. The summed E-state index contributed by atoms with van der Waals surface area (Å²) >= 11 is 6.03. The minimum Gasteiger partial charge on any atom is -0.495 e. The van der Waals surface area contributed by atoms with Gasteiger partial charge in [-0.15, -0.1) is 0 Å². The zero-order valence-electron chi connectivity index (χ0n) is 9.90. The van der Waals surface area contributed by atoms with Crippen molar-refractivity contribution in [3.8, 4) is 5.75 Å². The third kappa shape index (κ3) is 3.29. The van der Waals surface area contributed by atoms with Crippen LogP contribution in [0.15, 0.2) is 18.2 Å². The van der Waals surface area contributed by atoms with Crippen LogP contribution in [0.3, 0.4) is 0 Å². The van der Waals surface area contributed by atoms with Crippen LogP contribution in [0.2, 0.25) is 5.02 Å². The Kier molecular flexibility index (Phi) is 4.90. The second kappa shape index (κ2) is 5.97. The zero-order chi connectivity index (χ0) is 12.1. The van der Waals surface area contributed by atoms with E-state index < -0.39 is 0 Å². The van der Waals surface area contributed by atoms with Gasteiger partial charge < -0.3 is 14.7 Å². The number of hydrogen-bond acceptors (Lipinski definition) is 3. The van der Waals surface area contributed by atoms with Crippen LogP contribution in [0.25, 0.3) is 0 Å². The van der Waals surface area contributed by atoms with Gasteiger partial charge in [0.25, 0.3) is 0 Å². The average molecular weight is 244 g/mol. The zero-order valence-corrected chi connectivity index (χ0v) is 10.7. The Morgan fingerprint density at radius 3 is 2.69 bits per heavy atom. The van der Waals surface area contributed by atoms with Gasteiger partial charge in [0.05, 0.1) is 18.2 Å². The van der Waals surface area contributed by atoms with E-state index in [1.807, 2.05) is 37.1 Å². The number of halogens is 1. The molecule has 0 heterocycles. The van der Waals surface area contributed by atoms with Crippen LogP contribution < -0.4 is 9.64 Å². The molecule has 0 bridgehead atoms. The summed E-state index contributed by atoms with van der Waals surface area (Å²) in [6, 6.07) is 5.59. The van der Waals surface area contributed by atoms with Crippen LogP contribution in [-0.4, -0.2) is 31.9 Å². The highest BCUT2D eigenvalue weighted by Gasteiger charge is 2.09. The third-order valence-corrected chi connectivity index (χ3v) is 2.83. The molecule has 1 rings (SSSR count). The number of likely N-dealkylation sites (N-methyl/N-ethyl adjacent to an activating group) is 1. The number of rotatable bonds is 5. The summed E-state index contributed by atoms with van der Waals surface area (Å²) in [5.41, 5.74) is 0.971. The van der Waals surface area contributed by atoms with Gasteiger partial charge in [0.2, 0.25) is 0 Å². The van der Waals surface area contributed by atoms with Gasteiger partial charge in [0.1, 0.15) is 5.75 Å². The standard InChI is InChI=1S/C12H18ClNO2/c1-4-10(15)8-14(2)9-5-6-12(16-3)11(13)7-9/h5-7,10,15H,4,8H2,1-3H3/t10-/m1/s1. The number of hydrogen-bond donors (Lipinski definition) is 1. The van der Waals surface area contributed by atoms with Gasteiger partial charge in [-0.2, -0.15) is 0 Å². The molecule has 1 aromatic carbocycles. The van der Waals surface area contributed by atoms with Crippen LogP contribution in [0.1, 0.15) is 13.3 Å². The third-order valence-electron chi connectivity index (χ3n) is 2.53. The number of aliphatic hydroxyl groups is 1. The van der Waals surface area contributed by atoms with E-state index in [9.17, 15) is 5.11 Å². The average Bonchev–Trinajstić information content (AvgIpc) is 2.28. The Morgan fingerprint density at radius 1 is 1.50 bits per heavy atom. The van der Waals surface area contributed by atoms with Gasteiger partial charge in [-0.3, -0.25) is 0 Å². The quantitative estimate of drug-likeness (QED) is 0.863. The van der Waals surface area contributed by atoms with E-state index in [4.69, 9.17) is 16.3 Å². The molecule has 16 heavy (non-hydrogen) atoms. The molecule has 1 N–H and O–H groups in total. The summed E-state index contributed by atoms with van der Waals surface area (Å²) in [5, 5.41) is 10.1. The summed E-state index contributed by atoms with van der Waals surface area (Å²) in [4.78, 5) is 1.97. The highest BCUT2D eigenvalue weighted by Crippen LogP contribution is 2.28. The van der Waals surface area contributed by atoms with Crippen molar-refractivity contribution in [2.24, 2.45) is 0 Å². The van der Waals surface area contributed by atoms with Gasteiger partial charge in [0.15, 0.2) is 0 Å². The molecule has 0 fully saturated rings. The molecule has 90 valence electrons. The molecule has 0 aliphatic heterocycles. The molecular weight excluding hydrogens is 226 g/mol. The molecule has 0 saturated carbocycles. The Morgan fingerprint density at radius 2 is 2.19 bits per heavy atom. The minimum absolute atomic E-state index is 0.314. The van der Waals surface area contributed by atoms with E-state index in [-0.39, 0.29) is 6.10 Å². The second-order valence-corrected chi connectivity index (χ2v) is 4.17. The highest BCUT2D eigenvalue weighted by molar-refractivity contribution is 6.32. The van der Waals surface area contributed by atoms with E-state index in [0.717, 1.165) is 12.1 Å². The topological polar surface area (TPSA) is 32.7 Å². The summed E-state index contributed by atoms with van der Waals surface area (Å²) < 4.78 is 5.08. The van der Waals surface area contributed by atoms with Crippen molar-refractivity contribution in [3.05, 3.63) is 23.2 Å². The lowest BCUT2D eigenvalue weighted by Crippen LogP contribution is -2.28. The number of methoxy groups -OCH3 is 1. The predicted octanol–water partition coefficient (Wildman–Crippen LogP) is 2.56. The Labute approximate surface area is 102 Å². The molecule has 4 heteroatoms. The molecule has 0 radical (unpaired) electrons. The van der Waals surface area contributed by atoms with Crippen molar-refractivity contribution < 1.29 is 9.84 Å². The highest BCUT2D eigenvalue weighted by atomic mass is 35.5. The first-order chi connectivity index (χ1) is 7.58. The van der Waals surface area contributed by atoms with Crippen LogP contribution in [0.4, 0.5) is 5.69 Å². The van der Waals surface area contributed by atoms with Gasteiger partial charge in [-0.05, 0) is 24.6 Å². The number of nitrogens with zero attached hydrogens (tertiary/aromatic N) is 1. The number of aliphatic hydroxyl groups excluding tert-OH is 1. The largest absolute Gasteiger partial charge is 0.495 e. The lowest BCUT2D eigenvalue weighted by Gasteiger charge is -2.22. The molecule has 1 atom stereocenters. The molecule has 3 nitrogen and oxygen atoms in total. The number of ether oxygens (including phenoxy) is 1. The number of benzene rings is 1. The molecule has 1 aromatic rings. The van der Waals surface area contributed by atoms with Crippen molar-refractivity contribution in [3.63, 3.8) is 0 Å². The second-order valence-electron chi connectivity index (χ2n) is 3.76. The summed E-state index contributed by atoms with van der Waals surface area (Å²) in [6.45, 7) is 2.55. The molecular formula is C12H18ClNO2. The number of anilines is 1. The lowest BCUT2D eigenvalue weighted by atomic mass is 10.2. The molecule has 0 aliphatic carbocycles. The maximum Gasteiger partial charge on any atom is 0.137 e. The molecule has 0 saturated heterocycles. The van der Waals surface area contributed by atoms with Crippen molar-refractivity contribution in [2.45, 2.75) is 19.4 Å². The summed E-state index contributed by atoms with van der Waals surface area (Å²) in [6.07, 6.45) is 0.430. The molecule has 0 aromatic heterocycles. The Hall–Kier alpha value is -0.930. The van der Waals surface area contributed by atoms with Crippen LogP contribution >= 0.6 is 11.6 Å². The van der Waals surface area contributed by atoms with Crippen LogP contribution in [0.5, 0.6) is 5.75 Å². The summed E-state index contributed by atoms with van der Waals surface area (Å²) in [7, 11) is 3.52. The van der Waals surface area contributed by atoms with Gasteiger partial charge >= 0.3 is 0 Å². The SMILES string of the molecule is CC[C@@H](O)CN(C)c1ccc(OC)c(Cl)c1. The van der Waals surface area contributed by atoms with Crippen molar-refractivity contribution in [2.75, 3.05) is 25.6 Å². The first-order valence-corrected chi connectivity index (χ1v) is 5.69. The molecule has 0 unspecified atom stereocenters. The fourth-order valence-electron chi connectivity index (χ4n) is 1.44. The van der Waals surface area contributed by atoms with Crippen LogP contribution in [-0.2, 0) is 0 Å². The van der Waals surface area contributed by atoms with Crippen molar-refractivity contribution in [1.82, 2.24) is 0 Å². The van der Waals surface area contributed by atoms with E-state index in [1.165, 1.54) is 0 Å². The van der Waals surface area contributed by atoms with Gasteiger partial charge in [0, 0.05) is 19.3 Å². The van der Waals surface area contributed by atoms with Gasteiger partial charge in [-0.25, -0.2) is 0 Å². The minimum atomic E-state index is -0.314. The predicted molar refractivity (Wildman–Crippen MR) is 67.6 cm³/mol. The summed E-state index contributed by atoms with van der Waals surface area (Å²) in [5.74, 6) is 0.662. The first kappa shape index (κ1) is 13.1. The molecule has 0 aliphatic rings. The maximum absolute atomic E-state index is 9.56. The first-order valence-electron chi connectivity index (χ1n) is 5.31. The lowest BCUT2D eigenvalue weighted by molar-refractivity contribution is 0.177. The normalized spacial score (nSPS) is 12.3. The fraction of sp³-hybridized carbons (Fsp3) is 0.500. The van der Waals surface area contributed by atoms with E-state index in [1.54, 1.807) is 7.11 Å². The van der Waals surface area contributed by atoms with Crippen molar-refractivity contribution in [1.29, 1.82) is 0 Å². The van der Waals surface area contributed by atoms with Crippen molar-refractivity contribution >= 4 is 17.3 Å². The van der Waals surface area contributed by atoms with Crippen LogP contribution in [0, 0.1) is 0 Å². The molecule has 0 spiro atoms. The monoisotopic (exact) mass is 243 g/mol. The van der Waals surface area contributed by atoms with E-state index >= 15 is 0 Å².